The van der Waals surface area contributed by atoms with Crippen LogP contribution in [0.25, 0.3) is 0 Å². The second-order valence-corrected chi connectivity index (χ2v) is 11.8. The van der Waals surface area contributed by atoms with E-state index in [0.29, 0.717) is 0 Å². The Morgan fingerprint density at radius 1 is 1.09 bits per heavy atom. The molecule has 1 aromatic carbocycles. The number of benzene rings is 1. The Balaban J connectivity index is 2.17. The van der Waals surface area contributed by atoms with Crippen molar-refractivity contribution in [2.75, 3.05) is 6.54 Å². The lowest BCUT2D eigenvalue weighted by molar-refractivity contribution is 0.203. The molecule has 0 radical (unpaired) electrons. The second-order valence-electron chi connectivity index (χ2n) is 6.88. The first kappa shape index (κ1) is 17.3. The van der Waals surface area contributed by atoms with Gasteiger partial charge in [-0.25, -0.2) is 0 Å². The third kappa shape index (κ3) is 3.83. The highest BCUT2D eigenvalue weighted by Crippen LogP contribution is 2.30. The topological polar surface area (TPSA) is 3.24 Å². The monoisotopic (exact) mass is 313 g/mol. The van der Waals surface area contributed by atoms with Crippen molar-refractivity contribution in [1.82, 2.24) is 4.90 Å². The van der Waals surface area contributed by atoms with Crippen LogP contribution in [-0.2, 0) is 6.54 Å². The van der Waals surface area contributed by atoms with Gasteiger partial charge in [0.1, 0.15) is 8.07 Å². The second kappa shape index (κ2) is 7.48. The maximum Gasteiger partial charge on any atom is 0.137 e. The number of rotatable bonds is 5. The van der Waals surface area contributed by atoms with Crippen LogP contribution in [0.4, 0.5) is 0 Å². The van der Waals surface area contributed by atoms with Gasteiger partial charge in [-0.3, -0.25) is 4.90 Å². The maximum absolute atomic E-state index is 3.83. The fourth-order valence-electron chi connectivity index (χ4n) is 3.50. The lowest BCUT2D eigenvalue weighted by atomic mass is 10.00. The van der Waals surface area contributed by atoms with Gasteiger partial charge in [0.15, 0.2) is 0 Å². The average Bonchev–Trinajstić information content (AvgIpc) is 2.92. The van der Waals surface area contributed by atoms with Gasteiger partial charge in [0, 0.05) is 13.1 Å². The molecule has 1 atom stereocenters. The molecule has 0 N–H and O–H groups in total. The molecule has 1 saturated heterocycles. The number of hydrogen-bond acceptors (Lipinski definition) is 1. The molecule has 0 bridgehead atoms. The van der Waals surface area contributed by atoms with Gasteiger partial charge in [0.2, 0.25) is 0 Å². The van der Waals surface area contributed by atoms with Crippen LogP contribution in [0, 0.1) is 11.5 Å². The fourth-order valence-corrected chi connectivity index (χ4v) is 6.07. The Morgan fingerprint density at radius 3 is 2.32 bits per heavy atom. The molecular formula is C20H31NSi. The summed E-state index contributed by atoms with van der Waals surface area (Å²) in [5.41, 5.74) is 5.31. The summed E-state index contributed by atoms with van der Waals surface area (Å²) in [5, 5.41) is 0. The van der Waals surface area contributed by atoms with Gasteiger partial charge in [-0.1, -0.05) is 57.0 Å². The molecule has 1 unspecified atom stereocenters. The molecule has 1 aromatic rings. The SMILES string of the molecule is CC[Si](C#CC1(C)CCCN1Cc1ccccc1)(CC)CC. The quantitative estimate of drug-likeness (QED) is 0.540. The van der Waals surface area contributed by atoms with Crippen LogP contribution in [0.15, 0.2) is 30.3 Å². The smallest absolute Gasteiger partial charge is 0.137 e. The summed E-state index contributed by atoms with van der Waals surface area (Å²) in [6.07, 6.45) is 2.49. The van der Waals surface area contributed by atoms with Gasteiger partial charge in [-0.05, 0) is 43.5 Å². The highest BCUT2D eigenvalue weighted by atomic mass is 28.3. The molecule has 1 nitrogen and oxygen atoms in total. The van der Waals surface area contributed by atoms with Crippen molar-refractivity contribution in [3.63, 3.8) is 0 Å². The highest BCUT2D eigenvalue weighted by molar-refractivity contribution is 6.87. The van der Waals surface area contributed by atoms with Gasteiger partial charge < -0.3 is 0 Å². The Hall–Kier alpha value is -1.04. The van der Waals surface area contributed by atoms with E-state index in [1.807, 2.05) is 0 Å². The molecule has 120 valence electrons. The maximum atomic E-state index is 3.83. The number of likely N-dealkylation sites (tertiary alicyclic amines) is 1. The summed E-state index contributed by atoms with van der Waals surface area (Å²) in [6, 6.07) is 14.7. The predicted octanol–water partition coefficient (Wildman–Crippen LogP) is 5.09. The van der Waals surface area contributed by atoms with E-state index >= 15 is 0 Å². The van der Waals surface area contributed by atoms with E-state index in [2.05, 4.69) is 74.4 Å². The molecule has 2 heteroatoms. The number of hydrogen-bond donors (Lipinski definition) is 0. The van der Waals surface area contributed by atoms with Crippen molar-refractivity contribution in [3.05, 3.63) is 35.9 Å². The fraction of sp³-hybridized carbons (Fsp3) is 0.600. The average molecular weight is 314 g/mol. The predicted molar refractivity (Wildman–Crippen MR) is 99.5 cm³/mol. The molecule has 1 aliphatic rings. The van der Waals surface area contributed by atoms with Crippen molar-refractivity contribution < 1.29 is 0 Å². The standard InChI is InChI=1S/C20H31NSi/c1-5-22(6-2,7-3)17-15-20(4)14-11-16-21(20)18-19-12-9-8-10-13-19/h8-10,12-13H,5-7,11,14,16,18H2,1-4H3. The molecular weight excluding hydrogens is 282 g/mol. The first-order chi connectivity index (χ1) is 10.6. The minimum absolute atomic E-state index is 0.0770. The zero-order chi connectivity index (χ0) is 16.1. The first-order valence-corrected chi connectivity index (χ1v) is 11.5. The lowest BCUT2D eigenvalue weighted by Gasteiger charge is -2.31. The molecule has 0 amide bonds. The van der Waals surface area contributed by atoms with E-state index < -0.39 is 8.07 Å². The first-order valence-electron chi connectivity index (χ1n) is 8.91. The largest absolute Gasteiger partial charge is 0.283 e. The Labute approximate surface area is 138 Å². The molecule has 0 aromatic heterocycles. The molecule has 0 aliphatic carbocycles. The minimum Gasteiger partial charge on any atom is -0.283 e. The molecule has 0 saturated carbocycles. The zero-order valence-electron chi connectivity index (χ0n) is 14.8. The van der Waals surface area contributed by atoms with Crippen LogP contribution in [0.2, 0.25) is 18.1 Å². The lowest BCUT2D eigenvalue weighted by Crippen LogP contribution is -2.40. The van der Waals surface area contributed by atoms with E-state index in [9.17, 15) is 0 Å². The van der Waals surface area contributed by atoms with Crippen molar-refractivity contribution in [2.45, 2.75) is 70.8 Å². The van der Waals surface area contributed by atoms with E-state index in [0.717, 1.165) is 6.54 Å². The van der Waals surface area contributed by atoms with Crippen LogP contribution in [0.3, 0.4) is 0 Å². The molecule has 1 fully saturated rings. The van der Waals surface area contributed by atoms with Gasteiger partial charge >= 0.3 is 0 Å². The van der Waals surface area contributed by atoms with E-state index in [1.54, 1.807) is 0 Å². The van der Waals surface area contributed by atoms with Crippen molar-refractivity contribution in [1.29, 1.82) is 0 Å². The molecule has 2 rings (SSSR count). The molecule has 0 spiro atoms. The van der Waals surface area contributed by atoms with Gasteiger partial charge in [0.05, 0.1) is 5.54 Å². The number of nitrogens with zero attached hydrogens (tertiary/aromatic N) is 1. The van der Waals surface area contributed by atoms with Crippen molar-refractivity contribution in [3.8, 4) is 11.5 Å². The molecule has 1 aliphatic heterocycles. The van der Waals surface area contributed by atoms with Crippen LogP contribution >= 0.6 is 0 Å². The van der Waals surface area contributed by atoms with Crippen molar-refractivity contribution >= 4 is 8.07 Å². The third-order valence-corrected chi connectivity index (χ3v) is 10.3. The van der Waals surface area contributed by atoms with E-state index in [-0.39, 0.29) is 5.54 Å². The highest BCUT2D eigenvalue weighted by Gasteiger charge is 2.35. The Morgan fingerprint density at radius 2 is 1.73 bits per heavy atom. The summed E-state index contributed by atoms with van der Waals surface area (Å²) in [7, 11) is -1.34. The molecule has 22 heavy (non-hydrogen) atoms. The van der Waals surface area contributed by atoms with Gasteiger partial charge in [0.25, 0.3) is 0 Å². The molecule has 1 heterocycles. The Bertz CT molecular complexity index is 515. The van der Waals surface area contributed by atoms with E-state index in [1.165, 1.54) is 43.1 Å². The van der Waals surface area contributed by atoms with Crippen LogP contribution in [0.1, 0.15) is 46.1 Å². The van der Waals surface area contributed by atoms with Gasteiger partial charge in [-0.2, -0.15) is 0 Å². The summed E-state index contributed by atoms with van der Waals surface area (Å²) >= 11 is 0. The zero-order valence-corrected chi connectivity index (χ0v) is 15.8. The summed E-state index contributed by atoms with van der Waals surface area (Å²) in [4.78, 5) is 2.59. The third-order valence-electron chi connectivity index (χ3n) is 5.63. The summed E-state index contributed by atoms with van der Waals surface area (Å²) in [6.45, 7) is 11.6. The summed E-state index contributed by atoms with van der Waals surface area (Å²) < 4.78 is 0. The van der Waals surface area contributed by atoms with Crippen LogP contribution in [-0.4, -0.2) is 25.1 Å². The normalized spacial score (nSPS) is 22.4. The summed E-state index contributed by atoms with van der Waals surface area (Å²) in [5.74, 6) is 3.76. The van der Waals surface area contributed by atoms with Crippen molar-refractivity contribution in [2.24, 2.45) is 0 Å². The van der Waals surface area contributed by atoms with Crippen LogP contribution in [0.5, 0.6) is 0 Å². The Kier molecular flexibility index (Phi) is 5.89. The van der Waals surface area contributed by atoms with E-state index in [4.69, 9.17) is 0 Å². The van der Waals surface area contributed by atoms with Gasteiger partial charge in [-0.15, -0.1) is 5.54 Å². The van der Waals surface area contributed by atoms with Crippen LogP contribution < -0.4 is 0 Å². The minimum atomic E-state index is -1.34.